The molecular weight excluding hydrogens is 186 g/mol. The molecule has 0 aromatic carbocycles. The molecule has 0 bridgehead atoms. The molecule has 1 aromatic heterocycles. The van der Waals surface area contributed by atoms with Gasteiger partial charge >= 0.3 is 0 Å². The molecule has 0 aliphatic heterocycles. The summed E-state index contributed by atoms with van der Waals surface area (Å²) >= 11 is 0. The first kappa shape index (κ1) is 12.2. The number of nitrogens with two attached hydrogens (primary N) is 1. The van der Waals surface area contributed by atoms with Crippen LogP contribution in [0.2, 0.25) is 0 Å². The fourth-order valence-electron chi connectivity index (χ4n) is 1.46. The van der Waals surface area contributed by atoms with Gasteiger partial charge in [0.25, 0.3) is 0 Å². The molecule has 0 fully saturated rings. The molecule has 0 amide bonds. The van der Waals surface area contributed by atoms with Crippen LogP contribution in [-0.2, 0) is 13.0 Å². The van der Waals surface area contributed by atoms with E-state index in [1.165, 1.54) is 0 Å². The van der Waals surface area contributed by atoms with Crippen LogP contribution in [0, 0.1) is 5.92 Å². The van der Waals surface area contributed by atoms with Gasteiger partial charge in [-0.1, -0.05) is 13.8 Å². The summed E-state index contributed by atoms with van der Waals surface area (Å²) in [4.78, 5) is 0. The molecule has 86 valence electrons. The van der Waals surface area contributed by atoms with E-state index in [1.807, 2.05) is 4.68 Å². The first-order valence-electron chi connectivity index (χ1n) is 5.68. The molecule has 1 rings (SSSR count). The molecule has 0 saturated heterocycles. The minimum atomic E-state index is -0.0954. The fraction of sp³-hybridized carbons (Fsp3) is 0.750. The van der Waals surface area contributed by atoms with Gasteiger partial charge in [0, 0.05) is 18.3 Å². The van der Waals surface area contributed by atoms with E-state index >= 15 is 0 Å². The van der Waals surface area contributed by atoms with Crippen LogP contribution in [0.1, 0.15) is 39.8 Å². The van der Waals surface area contributed by atoms with E-state index in [-0.39, 0.29) is 5.54 Å². The molecule has 0 saturated carbocycles. The minimum absolute atomic E-state index is 0.0954. The SMILES string of the molecule is CC(C)Cn1ccc(CCC(C)(C)N)n1. The van der Waals surface area contributed by atoms with Crippen LogP contribution in [0.3, 0.4) is 0 Å². The van der Waals surface area contributed by atoms with Gasteiger partial charge in [-0.25, -0.2) is 0 Å². The average Bonchev–Trinajstić information content (AvgIpc) is 2.46. The lowest BCUT2D eigenvalue weighted by Gasteiger charge is -2.16. The van der Waals surface area contributed by atoms with E-state index in [2.05, 4.69) is 45.1 Å². The summed E-state index contributed by atoms with van der Waals surface area (Å²) in [7, 11) is 0. The van der Waals surface area contributed by atoms with Crippen LogP contribution < -0.4 is 5.73 Å². The van der Waals surface area contributed by atoms with Crippen LogP contribution >= 0.6 is 0 Å². The molecular formula is C12H23N3. The van der Waals surface area contributed by atoms with Gasteiger partial charge in [-0.3, -0.25) is 4.68 Å². The van der Waals surface area contributed by atoms with Crippen molar-refractivity contribution in [3.8, 4) is 0 Å². The third-order valence-electron chi connectivity index (χ3n) is 2.27. The Hall–Kier alpha value is -0.830. The highest BCUT2D eigenvalue weighted by atomic mass is 15.3. The Bertz CT molecular complexity index is 294. The predicted octanol–water partition coefficient (Wildman–Crippen LogP) is 2.21. The van der Waals surface area contributed by atoms with Crippen molar-refractivity contribution in [1.29, 1.82) is 0 Å². The molecule has 3 nitrogen and oxygen atoms in total. The molecule has 0 aliphatic rings. The number of hydrogen-bond donors (Lipinski definition) is 1. The monoisotopic (exact) mass is 209 g/mol. The molecule has 1 aromatic rings. The van der Waals surface area contributed by atoms with Gasteiger partial charge in [0.1, 0.15) is 0 Å². The summed E-state index contributed by atoms with van der Waals surface area (Å²) in [6.45, 7) is 9.50. The lowest BCUT2D eigenvalue weighted by Crippen LogP contribution is -2.32. The smallest absolute Gasteiger partial charge is 0.0625 e. The normalized spacial score (nSPS) is 12.4. The van der Waals surface area contributed by atoms with Gasteiger partial charge in [0.05, 0.1) is 5.69 Å². The van der Waals surface area contributed by atoms with Crippen molar-refractivity contribution in [3.63, 3.8) is 0 Å². The van der Waals surface area contributed by atoms with Gasteiger partial charge in [-0.15, -0.1) is 0 Å². The van der Waals surface area contributed by atoms with E-state index in [4.69, 9.17) is 5.73 Å². The Labute approximate surface area is 92.7 Å². The van der Waals surface area contributed by atoms with Crippen molar-refractivity contribution in [2.75, 3.05) is 0 Å². The lowest BCUT2D eigenvalue weighted by atomic mass is 9.99. The summed E-state index contributed by atoms with van der Waals surface area (Å²) in [5.41, 5.74) is 6.99. The fourth-order valence-corrected chi connectivity index (χ4v) is 1.46. The Morgan fingerprint density at radius 2 is 2.13 bits per heavy atom. The quantitative estimate of drug-likeness (QED) is 0.808. The second kappa shape index (κ2) is 4.79. The zero-order valence-electron chi connectivity index (χ0n) is 10.3. The van der Waals surface area contributed by atoms with Crippen molar-refractivity contribution < 1.29 is 0 Å². The Morgan fingerprint density at radius 1 is 1.47 bits per heavy atom. The van der Waals surface area contributed by atoms with Gasteiger partial charge < -0.3 is 5.73 Å². The maximum Gasteiger partial charge on any atom is 0.0625 e. The summed E-state index contributed by atoms with van der Waals surface area (Å²) in [6, 6.07) is 2.09. The van der Waals surface area contributed by atoms with Gasteiger partial charge in [-0.05, 0) is 38.7 Å². The second-order valence-electron chi connectivity index (χ2n) is 5.41. The topological polar surface area (TPSA) is 43.8 Å². The standard InChI is InChI=1S/C12H23N3/c1-10(2)9-15-8-6-11(14-15)5-7-12(3,4)13/h6,8,10H,5,7,9,13H2,1-4H3. The number of aryl methyl sites for hydroxylation is 1. The van der Waals surface area contributed by atoms with Crippen molar-refractivity contribution in [2.45, 2.75) is 52.6 Å². The minimum Gasteiger partial charge on any atom is -0.326 e. The van der Waals surface area contributed by atoms with Crippen LogP contribution in [0.4, 0.5) is 0 Å². The highest BCUT2D eigenvalue weighted by Gasteiger charge is 2.11. The van der Waals surface area contributed by atoms with Crippen molar-refractivity contribution in [2.24, 2.45) is 11.7 Å². The van der Waals surface area contributed by atoms with E-state index in [1.54, 1.807) is 0 Å². The number of aromatic nitrogens is 2. The Balaban J connectivity index is 2.46. The predicted molar refractivity (Wildman–Crippen MR) is 63.7 cm³/mol. The molecule has 15 heavy (non-hydrogen) atoms. The highest BCUT2D eigenvalue weighted by molar-refractivity contribution is 5.00. The molecule has 0 atom stereocenters. The molecule has 0 aliphatic carbocycles. The third-order valence-corrected chi connectivity index (χ3v) is 2.27. The van der Waals surface area contributed by atoms with Crippen LogP contribution in [0.15, 0.2) is 12.3 Å². The number of hydrogen-bond acceptors (Lipinski definition) is 2. The first-order chi connectivity index (χ1) is 6.87. The number of nitrogens with zero attached hydrogens (tertiary/aromatic N) is 2. The van der Waals surface area contributed by atoms with Crippen molar-refractivity contribution >= 4 is 0 Å². The first-order valence-corrected chi connectivity index (χ1v) is 5.68. The summed E-state index contributed by atoms with van der Waals surface area (Å²) < 4.78 is 2.02. The molecule has 0 radical (unpaired) electrons. The maximum atomic E-state index is 5.94. The third kappa shape index (κ3) is 4.98. The largest absolute Gasteiger partial charge is 0.326 e. The second-order valence-corrected chi connectivity index (χ2v) is 5.41. The zero-order valence-corrected chi connectivity index (χ0v) is 10.3. The van der Waals surface area contributed by atoms with Gasteiger partial charge in [0.2, 0.25) is 0 Å². The molecule has 1 heterocycles. The van der Waals surface area contributed by atoms with Crippen LogP contribution in [0.5, 0.6) is 0 Å². The Kier molecular flexibility index (Phi) is 3.91. The summed E-state index contributed by atoms with van der Waals surface area (Å²) in [6.07, 6.45) is 4.00. The van der Waals surface area contributed by atoms with E-state index in [9.17, 15) is 0 Å². The number of rotatable bonds is 5. The van der Waals surface area contributed by atoms with Crippen molar-refractivity contribution in [3.05, 3.63) is 18.0 Å². The lowest BCUT2D eigenvalue weighted by molar-refractivity contribution is 0.460. The summed E-state index contributed by atoms with van der Waals surface area (Å²) in [5, 5.41) is 4.51. The Morgan fingerprint density at radius 3 is 2.67 bits per heavy atom. The molecule has 2 N–H and O–H groups in total. The van der Waals surface area contributed by atoms with Crippen LogP contribution in [0.25, 0.3) is 0 Å². The molecule has 3 heteroatoms. The van der Waals surface area contributed by atoms with Gasteiger partial charge in [-0.2, -0.15) is 5.10 Å². The van der Waals surface area contributed by atoms with Crippen LogP contribution in [-0.4, -0.2) is 15.3 Å². The highest BCUT2D eigenvalue weighted by Crippen LogP contribution is 2.09. The maximum absolute atomic E-state index is 5.94. The average molecular weight is 209 g/mol. The zero-order chi connectivity index (χ0) is 11.5. The molecule has 0 unspecified atom stereocenters. The molecule has 0 spiro atoms. The van der Waals surface area contributed by atoms with Gasteiger partial charge in [0.15, 0.2) is 0 Å². The van der Waals surface area contributed by atoms with E-state index in [0.717, 1.165) is 25.1 Å². The van der Waals surface area contributed by atoms with Crippen molar-refractivity contribution in [1.82, 2.24) is 9.78 Å². The van der Waals surface area contributed by atoms with E-state index in [0.29, 0.717) is 5.92 Å². The van der Waals surface area contributed by atoms with E-state index < -0.39 is 0 Å². The summed E-state index contributed by atoms with van der Waals surface area (Å²) in [5.74, 6) is 0.642.